The summed E-state index contributed by atoms with van der Waals surface area (Å²) in [4.78, 5) is 20.4. The van der Waals surface area contributed by atoms with E-state index in [4.69, 9.17) is 10.5 Å². The third kappa shape index (κ3) is 3.84. The van der Waals surface area contributed by atoms with Crippen LogP contribution in [0.25, 0.3) is 0 Å². The van der Waals surface area contributed by atoms with Gasteiger partial charge in [0, 0.05) is 25.8 Å². The first kappa shape index (κ1) is 17.9. The second-order valence-electron chi connectivity index (χ2n) is 6.68. The van der Waals surface area contributed by atoms with Gasteiger partial charge in [-0.15, -0.1) is 0 Å². The lowest BCUT2D eigenvalue weighted by atomic mass is 10.2. The number of nitrogens with zero attached hydrogens (tertiary/aromatic N) is 5. The lowest BCUT2D eigenvalue weighted by molar-refractivity contribution is -0.130. The van der Waals surface area contributed by atoms with E-state index < -0.39 is 0 Å². The maximum atomic E-state index is 12.3. The van der Waals surface area contributed by atoms with Crippen LogP contribution in [0.5, 0.6) is 0 Å². The Morgan fingerprint density at radius 3 is 2.96 bits per heavy atom. The van der Waals surface area contributed by atoms with E-state index in [1.165, 1.54) is 0 Å². The Morgan fingerprint density at radius 2 is 2.27 bits per heavy atom. The molecular formula is C19H22N6O. The fourth-order valence-electron chi connectivity index (χ4n) is 3.47. The van der Waals surface area contributed by atoms with E-state index in [9.17, 15) is 4.79 Å². The summed E-state index contributed by atoms with van der Waals surface area (Å²) in [5.41, 5.74) is 0.541. The molecule has 0 bridgehead atoms. The number of anilines is 1. The van der Waals surface area contributed by atoms with Crippen molar-refractivity contribution in [1.29, 1.82) is 10.5 Å². The molecule has 1 N–H and O–H groups in total. The van der Waals surface area contributed by atoms with Crippen LogP contribution in [0, 0.1) is 22.7 Å². The summed E-state index contributed by atoms with van der Waals surface area (Å²) >= 11 is 0. The molecule has 2 aliphatic rings. The summed E-state index contributed by atoms with van der Waals surface area (Å²) in [5.74, 6) is 0.803. The van der Waals surface area contributed by atoms with Crippen LogP contribution in [0.2, 0.25) is 0 Å². The van der Waals surface area contributed by atoms with E-state index in [2.05, 4.69) is 39.5 Å². The fraction of sp³-hybridized carbons (Fsp3) is 0.474. The van der Waals surface area contributed by atoms with E-state index in [1.807, 2.05) is 13.1 Å². The maximum absolute atomic E-state index is 12.3. The van der Waals surface area contributed by atoms with Crippen molar-refractivity contribution in [2.75, 3.05) is 25.0 Å². The summed E-state index contributed by atoms with van der Waals surface area (Å²) in [6, 6.07) is 7.89. The summed E-state index contributed by atoms with van der Waals surface area (Å²) < 4.78 is 0. The number of likely N-dealkylation sites (tertiary alicyclic amines) is 1. The highest BCUT2D eigenvalue weighted by atomic mass is 16.2. The van der Waals surface area contributed by atoms with Crippen LogP contribution in [0.4, 0.5) is 5.82 Å². The van der Waals surface area contributed by atoms with Gasteiger partial charge in [-0.25, -0.2) is 4.98 Å². The van der Waals surface area contributed by atoms with Gasteiger partial charge in [-0.3, -0.25) is 4.79 Å². The van der Waals surface area contributed by atoms with Crippen molar-refractivity contribution in [3.05, 3.63) is 36.0 Å². The minimum absolute atomic E-state index is 0.00647. The normalized spacial score (nSPS) is 24.3. The van der Waals surface area contributed by atoms with Gasteiger partial charge in [-0.05, 0) is 31.4 Å². The van der Waals surface area contributed by atoms with Crippen molar-refractivity contribution in [2.45, 2.75) is 37.4 Å². The van der Waals surface area contributed by atoms with Crippen LogP contribution in [0.3, 0.4) is 0 Å². The molecule has 0 radical (unpaired) electrons. The number of hydrogen-bond donors (Lipinski definition) is 1. The Bertz CT molecular complexity index is 760. The Kier molecular flexibility index (Phi) is 5.50. The largest absolute Gasteiger partial charge is 0.353 e. The molecule has 0 aromatic carbocycles. The molecule has 1 aromatic heterocycles. The molecule has 1 aliphatic carbocycles. The molecule has 0 spiro atoms. The first-order chi connectivity index (χ1) is 12.6. The van der Waals surface area contributed by atoms with E-state index in [-0.39, 0.29) is 30.6 Å². The summed E-state index contributed by atoms with van der Waals surface area (Å²) in [5, 5.41) is 21.2. The number of likely N-dealkylation sites (N-methyl/N-ethyl adjacent to an activating group) is 1. The highest BCUT2D eigenvalue weighted by molar-refractivity contribution is 5.79. The molecule has 3 atom stereocenters. The van der Waals surface area contributed by atoms with Crippen LogP contribution in [0.1, 0.15) is 24.8 Å². The van der Waals surface area contributed by atoms with E-state index in [1.54, 1.807) is 17.2 Å². The van der Waals surface area contributed by atoms with Gasteiger partial charge in [-0.2, -0.15) is 10.5 Å². The maximum Gasteiger partial charge on any atom is 0.237 e. The highest BCUT2D eigenvalue weighted by Crippen LogP contribution is 2.21. The lowest BCUT2D eigenvalue weighted by Gasteiger charge is -2.26. The molecule has 134 valence electrons. The molecule has 3 rings (SSSR count). The van der Waals surface area contributed by atoms with Crippen molar-refractivity contribution in [3.63, 3.8) is 0 Å². The van der Waals surface area contributed by atoms with Crippen LogP contribution < -0.4 is 10.2 Å². The van der Waals surface area contributed by atoms with Gasteiger partial charge >= 0.3 is 0 Å². The smallest absolute Gasteiger partial charge is 0.237 e. The van der Waals surface area contributed by atoms with Crippen molar-refractivity contribution < 1.29 is 4.79 Å². The monoisotopic (exact) mass is 350 g/mol. The zero-order valence-corrected chi connectivity index (χ0v) is 14.8. The predicted molar refractivity (Wildman–Crippen MR) is 97.0 cm³/mol. The predicted octanol–water partition coefficient (Wildman–Crippen LogP) is 1.19. The molecule has 1 fully saturated rings. The molecule has 7 heteroatoms. The van der Waals surface area contributed by atoms with E-state index >= 15 is 0 Å². The zero-order valence-electron chi connectivity index (χ0n) is 14.8. The van der Waals surface area contributed by atoms with Crippen molar-refractivity contribution in [3.8, 4) is 12.1 Å². The third-order valence-electron chi connectivity index (χ3n) is 5.03. The number of aromatic nitrogens is 1. The minimum Gasteiger partial charge on any atom is -0.353 e. The van der Waals surface area contributed by atoms with Gasteiger partial charge in [0.2, 0.25) is 5.91 Å². The second-order valence-corrected chi connectivity index (χ2v) is 6.68. The van der Waals surface area contributed by atoms with E-state index in [0.29, 0.717) is 12.1 Å². The van der Waals surface area contributed by atoms with Gasteiger partial charge in [0.05, 0.1) is 24.2 Å². The Balaban J connectivity index is 1.49. The summed E-state index contributed by atoms with van der Waals surface area (Å²) in [6.07, 6.45) is 8.27. The van der Waals surface area contributed by atoms with Crippen LogP contribution in [0.15, 0.2) is 30.5 Å². The molecule has 0 saturated carbocycles. The number of amides is 1. The van der Waals surface area contributed by atoms with Crippen LogP contribution >= 0.6 is 0 Å². The third-order valence-corrected chi connectivity index (χ3v) is 5.03. The van der Waals surface area contributed by atoms with Gasteiger partial charge in [0.15, 0.2) is 0 Å². The SMILES string of the molecule is CN(c1ccc(C#N)cn1)C1C=CC(NCC(=O)N2CCC[C@H]2C#N)C1. The number of pyridine rings is 1. The first-order valence-corrected chi connectivity index (χ1v) is 8.82. The highest BCUT2D eigenvalue weighted by Gasteiger charge is 2.29. The standard InChI is InChI=1S/C19H22N6O/c1-24(18-7-4-14(10-20)12-23-18)16-6-5-15(9-16)22-13-19(26)25-8-2-3-17(25)11-21/h4-7,12,15-17,22H,2-3,8-9,13H2,1H3/t15?,16?,17-/m0/s1. The lowest BCUT2D eigenvalue weighted by Crippen LogP contribution is -2.43. The number of nitrogens with one attached hydrogen (secondary N) is 1. The van der Waals surface area contributed by atoms with Gasteiger partial charge in [-0.1, -0.05) is 12.2 Å². The topological polar surface area (TPSA) is 96.1 Å². The van der Waals surface area contributed by atoms with Gasteiger partial charge in [0.25, 0.3) is 0 Å². The molecule has 2 heterocycles. The van der Waals surface area contributed by atoms with Gasteiger partial charge < -0.3 is 15.1 Å². The summed E-state index contributed by atoms with van der Waals surface area (Å²) in [6.45, 7) is 0.924. The first-order valence-electron chi connectivity index (χ1n) is 8.82. The van der Waals surface area contributed by atoms with Crippen molar-refractivity contribution in [2.24, 2.45) is 0 Å². The number of hydrogen-bond acceptors (Lipinski definition) is 6. The average Bonchev–Trinajstić information content (AvgIpc) is 3.34. The quantitative estimate of drug-likeness (QED) is 0.802. The van der Waals surface area contributed by atoms with Gasteiger partial charge in [0.1, 0.15) is 17.9 Å². The Hall–Kier alpha value is -2.90. The number of rotatable bonds is 5. The molecule has 1 saturated heterocycles. The molecule has 1 aliphatic heterocycles. The fourth-order valence-corrected chi connectivity index (χ4v) is 3.47. The number of carbonyl (C=O) groups excluding carboxylic acids is 1. The Labute approximate surface area is 153 Å². The number of nitriles is 2. The van der Waals surface area contributed by atoms with Crippen LogP contribution in [-0.4, -0.2) is 54.1 Å². The van der Waals surface area contributed by atoms with Crippen LogP contribution in [-0.2, 0) is 4.79 Å². The molecule has 2 unspecified atom stereocenters. The molecule has 1 aromatic rings. The number of carbonyl (C=O) groups is 1. The van der Waals surface area contributed by atoms with Crippen molar-refractivity contribution in [1.82, 2.24) is 15.2 Å². The average molecular weight is 350 g/mol. The molecule has 26 heavy (non-hydrogen) atoms. The second kappa shape index (κ2) is 7.99. The van der Waals surface area contributed by atoms with Crippen molar-refractivity contribution >= 4 is 11.7 Å². The molecule has 1 amide bonds. The Morgan fingerprint density at radius 1 is 1.42 bits per heavy atom. The molecular weight excluding hydrogens is 328 g/mol. The zero-order chi connectivity index (χ0) is 18.5. The summed E-state index contributed by atoms with van der Waals surface area (Å²) in [7, 11) is 1.97. The molecule has 7 nitrogen and oxygen atoms in total. The van der Waals surface area contributed by atoms with E-state index in [0.717, 1.165) is 25.1 Å². The minimum atomic E-state index is -0.273.